The van der Waals surface area contributed by atoms with Gasteiger partial charge >= 0.3 is 8.80 Å². The van der Waals surface area contributed by atoms with Gasteiger partial charge in [0.25, 0.3) is 0 Å². The van der Waals surface area contributed by atoms with Crippen LogP contribution in [0.25, 0.3) is 0 Å². The highest BCUT2D eigenvalue weighted by Crippen LogP contribution is 2.16. The number of rotatable bonds is 10. The average Bonchev–Trinajstić information content (AvgIpc) is 2.33. The molecule has 0 bridgehead atoms. The molecule has 0 spiro atoms. The standard InChI is InChI=1S/C11H22O5Si/c1-10(2)11(12)9-16-17(14-4,15-5)8-6-7-13-3/h1,6-9H2,2-5H3. The fourth-order valence-corrected chi connectivity index (χ4v) is 3.09. The van der Waals surface area contributed by atoms with E-state index in [4.69, 9.17) is 18.0 Å². The second-order valence-corrected chi connectivity index (χ2v) is 6.65. The Morgan fingerprint density at radius 1 is 1.24 bits per heavy atom. The molecule has 5 nitrogen and oxygen atoms in total. The molecule has 17 heavy (non-hydrogen) atoms. The number of hydrogen-bond acceptors (Lipinski definition) is 5. The van der Waals surface area contributed by atoms with Gasteiger partial charge in [0.15, 0.2) is 5.78 Å². The molecule has 0 aromatic rings. The topological polar surface area (TPSA) is 54.0 Å². The highest BCUT2D eigenvalue weighted by atomic mass is 28.4. The summed E-state index contributed by atoms with van der Waals surface area (Å²) in [5.41, 5.74) is 0.469. The number of carbonyl (C=O) groups is 1. The quantitative estimate of drug-likeness (QED) is 0.338. The van der Waals surface area contributed by atoms with E-state index in [1.54, 1.807) is 14.0 Å². The van der Waals surface area contributed by atoms with Gasteiger partial charge in [-0.05, 0) is 18.9 Å². The first-order valence-corrected chi connectivity index (χ1v) is 7.36. The largest absolute Gasteiger partial charge is 0.500 e. The first kappa shape index (κ1) is 16.5. The highest BCUT2D eigenvalue weighted by Gasteiger charge is 2.39. The molecule has 6 heteroatoms. The predicted octanol–water partition coefficient (Wildman–Crippen LogP) is 1.42. The minimum absolute atomic E-state index is 0.0454. The Hall–Kier alpha value is -0.533. The van der Waals surface area contributed by atoms with Crippen molar-refractivity contribution in [1.82, 2.24) is 0 Å². The average molecular weight is 262 g/mol. The molecule has 0 unspecified atom stereocenters. The Labute approximate surface area is 104 Å². The fraction of sp³-hybridized carbons (Fsp3) is 0.727. The molecule has 0 aromatic carbocycles. The molecule has 0 saturated carbocycles. The molecule has 0 aliphatic heterocycles. The summed E-state index contributed by atoms with van der Waals surface area (Å²) in [6, 6.07) is 0.622. The van der Waals surface area contributed by atoms with E-state index in [2.05, 4.69) is 6.58 Å². The van der Waals surface area contributed by atoms with Crippen molar-refractivity contribution in [3.8, 4) is 0 Å². The molecule has 100 valence electrons. The summed E-state index contributed by atoms with van der Waals surface area (Å²) in [4.78, 5) is 11.4. The van der Waals surface area contributed by atoms with E-state index in [0.29, 0.717) is 18.2 Å². The third-order valence-corrected chi connectivity index (χ3v) is 5.15. The molecule has 0 saturated heterocycles. The van der Waals surface area contributed by atoms with Gasteiger partial charge in [-0.15, -0.1) is 0 Å². The van der Waals surface area contributed by atoms with Gasteiger partial charge in [0, 0.05) is 34.0 Å². The van der Waals surface area contributed by atoms with Crippen LogP contribution in [0.2, 0.25) is 6.04 Å². The lowest BCUT2D eigenvalue weighted by molar-refractivity contribution is -0.118. The number of methoxy groups -OCH3 is 1. The molecule has 0 amide bonds. The lowest BCUT2D eigenvalue weighted by Crippen LogP contribution is -2.45. The van der Waals surface area contributed by atoms with Gasteiger partial charge in [-0.3, -0.25) is 4.79 Å². The molecule has 0 radical (unpaired) electrons. The van der Waals surface area contributed by atoms with E-state index >= 15 is 0 Å². The Morgan fingerprint density at radius 3 is 2.24 bits per heavy atom. The Balaban J connectivity index is 4.29. The van der Waals surface area contributed by atoms with Crippen LogP contribution in [-0.2, 0) is 22.8 Å². The summed E-state index contributed by atoms with van der Waals surface area (Å²) in [6.45, 7) is 5.78. The molecular formula is C11H22O5Si. The fourth-order valence-electron chi connectivity index (χ4n) is 1.21. The molecule has 0 aliphatic carbocycles. The molecule has 0 atom stereocenters. The minimum Gasteiger partial charge on any atom is -0.385 e. The van der Waals surface area contributed by atoms with E-state index in [1.807, 2.05) is 0 Å². The lowest BCUT2D eigenvalue weighted by Gasteiger charge is -2.26. The van der Waals surface area contributed by atoms with Crippen LogP contribution in [0.3, 0.4) is 0 Å². The van der Waals surface area contributed by atoms with Gasteiger partial charge in [-0.25, -0.2) is 0 Å². The van der Waals surface area contributed by atoms with Crippen LogP contribution in [-0.4, -0.2) is 49.1 Å². The molecule has 0 rings (SSSR count). The van der Waals surface area contributed by atoms with Crippen LogP contribution in [0.5, 0.6) is 0 Å². The maximum absolute atomic E-state index is 11.4. The van der Waals surface area contributed by atoms with Crippen LogP contribution >= 0.6 is 0 Å². The summed E-state index contributed by atoms with van der Waals surface area (Å²) < 4.78 is 21.1. The Kier molecular flexibility index (Phi) is 8.27. The van der Waals surface area contributed by atoms with Gasteiger partial charge in [0.2, 0.25) is 0 Å². The number of hydrogen-bond donors (Lipinski definition) is 0. The van der Waals surface area contributed by atoms with Gasteiger partial charge in [0.1, 0.15) is 6.61 Å². The number of ketones is 1. The molecular weight excluding hydrogens is 240 g/mol. The van der Waals surface area contributed by atoms with Crippen molar-refractivity contribution >= 4 is 14.6 Å². The van der Waals surface area contributed by atoms with Crippen LogP contribution in [0.15, 0.2) is 12.2 Å². The van der Waals surface area contributed by atoms with Gasteiger partial charge in [0.05, 0.1) is 0 Å². The third kappa shape index (κ3) is 6.09. The van der Waals surface area contributed by atoms with Crippen molar-refractivity contribution < 1.29 is 22.8 Å². The van der Waals surface area contributed by atoms with E-state index in [9.17, 15) is 4.79 Å². The van der Waals surface area contributed by atoms with Crippen molar-refractivity contribution in [2.75, 3.05) is 34.5 Å². The first-order valence-electron chi connectivity index (χ1n) is 5.43. The zero-order valence-electron chi connectivity index (χ0n) is 11.1. The van der Waals surface area contributed by atoms with Crippen LogP contribution in [0, 0.1) is 0 Å². The zero-order chi connectivity index (χ0) is 13.3. The van der Waals surface area contributed by atoms with Crippen molar-refractivity contribution in [1.29, 1.82) is 0 Å². The van der Waals surface area contributed by atoms with Crippen molar-refractivity contribution in [2.24, 2.45) is 0 Å². The van der Waals surface area contributed by atoms with Gasteiger partial charge in [-0.2, -0.15) is 0 Å². The lowest BCUT2D eigenvalue weighted by atomic mass is 10.2. The maximum atomic E-state index is 11.4. The van der Waals surface area contributed by atoms with E-state index < -0.39 is 8.80 Å². The second-order valence-electron chi connectivity index (χ2n) is 3.68. The van der Waals surface area contributed by atoms with E-state index in [1.165, 1.54) is 14.2 Å². The van der Waals surface area contributed by atoms with Crippen LogP contribution in [0.4, 0.5) is 0 Å². The van der Waals surface area contributed by atoms with Crippen molar-refractivity contribution in [3.63, 3.8) is 0 Å². The molecule has 0 aliphatic rings. The summed E-state index contributed by atoms with van der Waals surface area (Å²) >= 11 is 0. The maximum Gasteiger partial charge on any atom is 0.500 e. The monoisotopic (exact) mass is 262 g/mol. The molecule has 0 aromatic heterocycles. The molecule has 0 N–H and O–H groups in total. The number of Topliss-reactive ketones (excluding diaryl/α,β-unsaturated/α-hetero) is 1. The van der Waals surface area contributed by atoms with Crippen molar-refractivity contribution in [3.05, 3.63) is 12.2 Å². The van der Waals surface area contributed by atoms with Crippen LogP contribution in [0.1, 0.15) is 13.3 Å². The Morgan fingerprint density at radius 2 is 1.82 bits per heavy atom. The smallest absolute Gasteiger partial charge is 0.385 e. The molecule has 0 heterocycles. The van der Waals surface area contributed by atoms with Crippen LogP contribution < -0.4 is 0 Å². The molecule has 0 fully saturated rings. The van der Waals surface area contributed by atoms with E-state index in [0.717, 1.165) is 6.42 Å². The number of carbonyl (C=O) groups excluding carboxylic acids is 1. The SMILES string of the molecule is C=C(C)C(=O)CO[Si](CCCOC)(OC)OC. The Bertz CT molecular complexity index is 250. The summed E-state index contributed by atoms with van der Waals surface area (Å²) in [6.07, 6.45) is 0.770. The first-order chi connectivity index (χ1) is 8.01. The zero-order valence-corrected chi connectivity index (χ0v) is 12.1. The third-order valence-electron chi connectivity index (χ3n) is 2.35. The minimum atomic E-state index is -2.73. The predicted molar refractivity (Wildman–Crippen MR) is 66.8 cm³/mol. The summed E-state index contributed by atoms with van der Waals surface area (Å²) in [7, 11) is 1.97. The number of ether oxygens (including phenoxy) is 1. The second kappa shape index (κ2) is 8.54. The normalized spacial score (nSPS) is 11.5. The van der Waals surface area contributed by atoms with Gasteiger partial charge < -0.3 is 18.0 Å². The van der Waals surface area contributed by atoms with E-state index in [-0.39, 0.29) is 12.4 Å². The van der Waals surface area contributed by atoms with Gasteiger partial charge in [-0.1, -0.05) is 6.58 Å². The highest BCUT2D eigenvalue weighted by molar-refractivity contribution is 6.60. The summed E-state index contributed by atoms with van der Waals surface area (Å²) in [5.74, 6) is -0.136. The van der Waals surface area contributed by atoms with Crippen molar-refractivity contribution in [2.45, 2.75) is 19.4 Å². The summed E-state index contributed by atoms with van der Waals surface area (Å²) in [5, 5.41) is 0.